The van der Waals surface area contributed by atoms with Crippen LogP contribution in [-0.4, -0.2) is 72.3 Å². The van der Waals surface area contributed by atoms with Gasteiger partial charge in [-0.25, -0.2) is 9.78 Å². The second-order valence-electron chi connectivity index (χ2n) is 5.84. The van der Waals surface area contributed by atoms with Crippen molar-refractivity contribution >= 4 is 11.9 Å². The first-order valence-corrected chi connectivity index (χ1v) is 7.53. The van der Waals surface area contributed by atoms with E-state index in [1.807, 2.05) is 0 Å². The lowest BCUT2D eigenvalue weighted by Crippen LogP contribution is -2.44. The van der Waals surface area contributed by atoms with Gasteiger partial charge in [-0.1, -0.05) is 6.07 Å². The highest BCUT2D eigenvalue weighted by Crippen LogP contribution is 2.20. The van der Waals surface area contributed by atoms with Crippen LogP contribution in [-0.2, 0) is 12.8 Å². The average molecular weight is 290 g/mol. The minimum Gasteiger partial charge on any atom is -0.465 e. The quantitative estimate of drug-likeness (QED) is 0.833. The molecule has 21 heavy (non-hydrogen) atoms. The van der Waals surface area contributed by atoms with Crippen LogP contribution in [0.2, 0.25) is 0 Å². The standard InChI is InChI=1S/C15H22N4O2/c1-17-8-10-18(11-9-17)14-3-2-12-4-6-19(15(20)21)7-5-13(12)16-14/h2-3H,4-11H2,1H3,(H,20,21). The van der Waals surface area contributed by atoms with Crippen LogP contribution in [0.4, 0.5) is 10.6 Å². The van der Waals surface area contributed by atoms with Crippen LogP contribution in [0.5, 0.6) is 0 Å². The summed E-state index contributed by atoms with van der Waals surface area (Å²) in [5.74, 6) is 1.03. The van der Waals surface area contributed by atoms with Gasteiger partial charge in [0.1, 0.15) is 5.82 Å². The molecule has 6 nitrogen and oxygen atoms in total. The smallest absolute Gasteiger partial charge is 0.407 e. The van der Waals surface area contributed by atoms with Crippen molar-refractivity contribution in [2.75, 3.05) is 51.2 Å². The molecule has 6 heteroatoms. The third kappa shape index (κ3) is 3.10. The number of hydrogen-bond donors (Lipinski definition) is 1. The highest BCUT2D eigenvalue weighted by molar-refractivity contribution is 5.65. The van der Waals surface area contributed by atoms with Crippen LogP contribution in [0.15, 0.2) is 12.1 Å². The molecule has 3 rings (SSSR count). The Morgan fingerprint density at radius 2 is 1.81 bits per heavy atom. The molecular formula is C15H22N4O2. The Bertz CT molecular complexity index is 526. The van der Waals surface area contributed by atoms with E-state index >= 15 is 0 Å². The number of hydrogen-bond acceptors (Lipinski definition) is 4. The topological polar surface area (TPSA) is 59.9 Å². The molecule has 0 radical (unpaired) electrons. The summed E-state index contributed by atoms with van der Waals surface area (Å²) in [5.41, 5.74) is 2.26. The van der Waals surface area contributed by atoms with Crippen molar-refractivity contribution in [2.45, 2.75) is 12.8 Å². The molecule has 2 aliphatic heterocycles. The Morgan fingerprint density at radius 1 is 1.10 bits per heavy atom. The van der Waals surface area contributed by atoms with Crippen molar-refractivity contribution in [3.05, 3.63) is 23.4 Å². The normalized spacial score (nSPS) is 20.0. The average Bonchev–Trinajstić information content (AvgIpc) is 2.70. The van der Waals surface area contributed by atoms with E-state index in [1.165, 1.54) is 10.5 Å². The molecule has 3 heterocycles. The van der Waals surface area contributed by atoms with E-state index in [0.29, 0.717) is 19.5 Å². The summed E-state index contributed by atoms with van der Waals surface area (Å²) >= 11 is 0. The van der Waals surface area contributed by atoms with Crippen LogP contribution >= 0.6 is 0 Å². The van der Waals surface area contributed by atoms with Gasteiger partial charge in [0, 0.05) is 51.4 Å². The Labute approximate surface area is 125 Å². The molecule has 1 saturated heterocycles. The van der Waals surface area contributed by atoms with Crippen LogP contribution in [0.3, 0.4) is 0 Å². The van der Waals surface area contributed by atoms with Gasteiger partial charge in [-0.3, -0.25) is 0 Å². The van der Waals surface area contributed by atoms with Gasteiger partial charge in [0.15, 0.2) is 0 Å². The van der Waals surface area contributed by atoms with Gasteiger partial charge < -0.3 is 19.8 Å². The number of amides is 1. The zero-order valence-electron chi connectivity index (χ0n) is 12.5. The summed E-state index contributed by atoms with van der Waals surface area (Å²) in [5, 5.41) is 9.12. The Kier molecular flexibility index (Phi) is 3.96. The van der Waals surface area contributed by atoms with Gasteiger partial charge in [0.2, 0.25) is 0 Å². The summed E-state index contributed by atoms with van der Waals surface area (Å²) in [7, 11) is 2.14. The predicted octanol–water partition coefficient (Wildman–Crippen LogP) is 0.912. The third-order valence-corrected chi connectivity index (χ3v) is 4.42. The molecule has 0 spiro atoms. The highest BCUT2D eigenvalue weighted by atomic mass is 16.4. The predicted molar refractivity (Wildman–Crippen MR) is 81.0 cm³/mol. The largest absolute Gasteiger partial charge is 0.465 e. The molecular weight excluding hydrogens is 268 g/mol. The van der Waals surface area contributed by atoms with E-state index in [9.17, 15) is 4.79 Å². The Morgan fingerprint density at radius 3 is 2.52 bits per heavy atom. The lowest BCUT2D eigenvalue weighted by Gasteiger charge is -2.33. The number of nitrogens with zero attached hydrogens (tertiary/aromatic N) is 4. The molecule has 1 aromatic rings. The van der Waals surface area contributed by atoms with E-state index < -0.39 is 6.09 Å². The number of piperazine rings is 1. The first-order valence-electron chi connectivity index (χ1n) is 7.53. The number of anilines is 1. The first-order chi connectivity index (χ1) is 10.1. The Balaban J connectivity index is 1.75. The van der Waals surface area contributed by atoms with Gasteiger partial charge in [-0.15, -0.1) is 0 Å². The molecule has 1 fully saturated rings. The van der Waals surface area contributed by atoms with E-state index in [4.69, 9.17) is 10.1 Å². The fourth-order valence-electron chi connectivity index (χ4n) is 2.97. The third-order valence-electron chi connectivity index (χ3n) is 4.42. The van der Waals surface area contributed by atoms with Gasteiger partial charge in [-0.2, -0.15) is 0 Å². The van der Waals surface area contributed by atoms with Crippen molar-refractivity contribution in [1.82, 2.24) is 14.8 Å². The maximum Gasteiger partial charge on any atom is 0.407 e. The van der Waals surface area contributed by atoms with E-state index in [2.05, 4.69) is 29.0 Å². The minimum absolute atomic E-state index is 0.543. The monoisotopic (exact) mass is 290 g/mol. The number of pyridine rings is 1. The number of carboxylic acid groups (broad SMARTS) is 1. The summed E-state index contributed by atoms with van der Waals surface area (Å²) in [6, 6.07) is 4.21. The minimum atomic E-state index is -0.831. The molecule has 0 saturated carbocycles. The molecule has 0 aliphatic carbocycles. The summed E-state index contributed by atoms with van der Waals surface area (Å²) in [4.78, 5) is 22.0. The second kappa shape index (κ2) is 5.89. The lowest BCUT2D eigenvalue weighted by atomic mass is 10.1. The fraction of sp³-hybridized carbons (Fsp3) is 0.600. The summed E-state index contributed by atoms with van der Waals surface area (Å²) in [6.07, 6.45) is 0.642. The molecule has 0 aromatic carbocycles. The summed E-state index contributed by atoms with van der Waals surface area (Å²) < 4.78 is 0. The van der Waals surface area contributed by atoms with Crippen molar-refractivity contribution in [1.29, 1.82) is 0 Å². The van der Waals surface area contributed by atoms with E-state index in [-0.39, 0.29) is 0 Å². The van der Waals surface area contributed by atoms with E-state index in [1.54, 1.807) is 0 Å². The number of fused-ring (bicyclic) bond motifs is 1. The van der Waals surface area contributed by atoms with Gasteiger partial charge in [0.25, 0.3) is 0 Å². The van der Waals surface area contributed by atoms with Crippen molar-refractivity contribution < 1.29 is 9.90 Å². The van der Waals surface area contributed by atoms with Gasteiger partial charge in [-0.05, 0) is 25.1 Å². The molecule has 1 N–H and O–H groups in total. The van der Waals surface area contributed by atoms with Crippen molar-refractivity contribution in [3.8, 4) is 0 Å². The number of rotatable bonds is 1. The number of carbonyl (C=O) groups is 1. The second-order valence-corrected chi connectivity index (χ2v) is 5.84. The maximum absolute atomic E-state index is 11.1. The van der Waals surface area contributed by atoms with Crippen LogP contribution in [0, 0.1) is 0 Å². The first kappa shape index (κ1) is 14.1. The molecule has 1 aromatic heterocycles. The molecule has 2 aliphatic rings. The number of aromatic nitrogens is 1. The Hall–Kier alpha value is -1.82. The number of likely N-dealkylation sites (N-methyl/N-ethyl adjacent to an activating group) is 1. The molecule has 114 valence electrons. The summed E-state index contributed by atoms with van der Waals surface area (Å²) in [6.45, 7) is 5.24. The van der Waals surface area contributed by atoms with Crippen molar-refractivity contribution in [2.24, 2.45) is 0 Å². The van der Waals surface area contributed by atoms with Gasteiger partial charge >= 0.3 is 6.09 Å². The molecule has 0 bridgehead atoms. The maximum atomic E-state index is 11.1. The fourth-order valence-corrected chi connectivity index (χ4v) is 2.97. The SMILES string of the molecule is CN1CCN(c2ccc3c(n2)CCN(C(=O)O)CC3)CC1. The van der Waals surface area contributed by atoms with E-state index in [0.717, 1.165) is 44.1 Å². The molecule has 0 unspecified atom stereocenters. The lowest BCUT2D eigenvalue weighted by molar-refractivity contribution is 0.147. The highest BCUT2D eigenvalue weighted by Gasteiger charge is 2.20. The van der Waals surface area contributed by atoms with Crippen LogP contribution in [0.25, 0.3) is 0 Å². The van der Waals surface area contributed by atoms with Crippen LogP contribution < -0.4 is 4.90 Å². The molecule has 1 amide bonds. The van der Waals surface area contributed by atoms with Crippen molar-refractivity contribution in [3.63, 3.8) is 0 Å². The van der Waals surface area contributed by atoms with Gasteiger partial charge in [0.05, 0.1) is 0 Å². The zero-order valence-corrected chi connectivity index (χ0v) is 12.5. The van der Waals surface area contributed by atoms with Crippen LogP contribution in [0.1, 0.15) is 11.3 Å². The zero-order chi connectivity index (χ0) is 14.8. The molecule has 0 atom stereocenters.